The van der Waals surface area contributed by atoms with Crippen molar-refractivity contribution in [2.45, 2.75) is 31.1 Å². The molecular weight excluding hydrogens is 338 g/mol. The first-order valence-corrected chi connectivity index (χ1v) is 10.4. The first kappa shape index (κ1) is 18.1. The van der Waals surface area contributed by atoms with Crippen LogP contribution in [-0.2, 0) is 26.3 Å². The van der Waals surface area contributed by atoms with Crippen LogP contribution in [0.5, 0.6) is 0 Å². The lowest BCUT2D eigenvalue weighted by molar-refractivity contribution is 0.0945. The van der Waals surface area contributed by atoms with Gasteiger partial charge >= 0.3 is 0 Å². The van der Waals surface area contributed by atoms with Crippen LogP contribution in [0.15, 0.2) is 4.90 Å². The maximum absolute atomic E-state index is 12.0. The quantitative estimate of drug-likeness (QED) is 0.529. The molecule has 0 aliphatic rings. The smallest absolute Gasteiger partial charge is 0.273 e. The summed E-state index contributed by atoms with van der Waals surface area (Å²) in [7, 11) is 0.390. The zero-order valence-electron chi connectivity index (χ0n) is 11.8. The highest BCUT2D eigenvalue weighted by Crippen LogP contribution is 2.23. The molecule has 1 amide bonds. The van der Waals surface area contributed by atoms with Gasteiger partial charge in [-0.3, -0.25) is 14.1 Å². The fourth-order valence-electron chi connectivity index (χ4n) is 1.76. The van der Waals surface area contributed by atoms with Gasteiger partial charge in [-0.1, -0.05) is 13.3 Å². The van der Waals surface area contributed by atoms with E-state index in [2.05, 4.69) is 15.5 Å². The van der Waals surface area contributed by atoms with E-state index < -0.39 is 25.8 Å². The van der Waals surface area contributed by atoms with Crippen LogP contribution in [0.3, 0.4) is 0 Å². The summed E-state index contributed by atoms with van der Waals surface area (Å²) in [6.07, 6.45) is 3.22. The van der Waals surface area contributed by atoms with E-state index in [4.69, 9.17) is 10.7 Å². The number of hydrogen-bond acceptors (Lipinski definition) is 5. The Kier molecular flexibility index (Phi) is 6.82. The molecule has 1 rings (SSSR count). The normalized spacial score (nSPS) is 13.1. The van der Waals surface area contributed by atoms with Gasteiger partial charge in [0.25, 0.3) is 15.0 Å². The summed E-state index contributed by atoms with van der Waals surface area (Å²) in [5.74, 6) is -0.155. The molecule has 0 radical (unpaired) electrons. The fraction of sp³-hybridized carbons (Fsp3) is 0.636. The number of rotatable bonds is 8. The number of nitrogens with zero attached hydrogens (tertiary/aromatic N) is 1. The van der Waals surface area contributed by atoms with Crippen molar-refractivity contribution >= 4 is 36.4 Å². The topological polar surface area (TPSA) is 109 Å². The van der Waals surface area contributed by atoms with Crippen LogP contribution in [0.4, 0.5) is 0 Å². The summed E-state index contributed by atoms with van der Waals surface area (Å²) in [6, 6.07) is 0. The van der Waals surface area contributed by atoms with E-state index in [1.54, 1.807) is 6.26 Å². The van der Waals surface area contributed by atoms with Crippen LogP contribution in [0, 0.1) is 0 Å². The highest BCUT2D eigenvalue weighted by atomic mass is 35.7. The maximum atomic E-state index is 12.0. The number of aryl methyl sites for hydroxylation is 1. The Bertz CT molecular complexity index is 627. The van der Waals surface area contributed by atoms with Crippen LogP contribution in [0.25, 0.3) is 0 Å². The lowest BCUT2D eigenvalue weighted by atomic mass is 10.2. The number of carbonyl (C=O) groups is 1. The largest absolute Gasteiger partial charge is 0.351 e. The van der Waals surface area contributed by atoms with E-state index in [1.807, 2.05) is 6.92 Å². The Balaban J connectivity index is 2.87. The van der Waals surface area contributed by atoms with Gasteiger partial charge in [0.1, 0.15) is 4.90 Å². The van der Waals surface area contributed by atoms with Gasteiger partial charge in [0.05, 0.1) is 5.69 Å². The van der Waals surface area contributed by atoms with Gasteiger partial charge in [-0.05, 0) is 12.8 Å². The first-order valence-electron chi connectivity index (χ1n) is 6.37. The van der Waals surface area contributed by atoms with Crippen molar-refractivity contribution in [2.24, 2.45) is 0 Å². The van der Waals surface area contributed by atoms with Crippen molar-refractivity contribution in [3.8, 4) is 0 Å². The summed E-state index contributed by atoms with van der Waals surface area (Å²) in [6.45, 7) is 2.16. The molecule has 7 nitrogen and oxygen atoms in total. The zero-order chi connectivity index (χ0) is 16.0. The second-order valence-electron chi connectivity index (χ2n) is 4.45. The Morgan fingerprint density at radius 3 is 2.67 bits per heavy atom. The van der Waals surface area contributed by atoms with E-state index in [9.17, 15) is 17.4 Å². The number of nitrogens with one attached hydrogen (secondary N) is 2. The molecule has 0 fully saturated rings. The Hall–Kier alpha value is -0.930. The van der Waals surface area contributed by atoms with Gasteiger partial charge in [0.2, 0.25) is 0 Å². The van der Waals surface area contributed by atoms with Crippen LogP contribution in [-0.4, -0.2) is 47.3 Å². The standard InChI is InChI=1S/C11H18ClN3O4S2/c1-3-5-8-10(21(12,18)19)9(15-14-8)11(16)13-6-4-7-20(2)17/h3-7H2,1-2H3,(H,13,16)(H,14,15). The molecular formula is C11H18ClN3O4S2. The maximum Gasteiger partial charge on any atom is 0.273 e. The van der Waals surface area contributed by atoms with Gasteiger partial charge < -0.3 is 5.32 Å². The zero-order valence-corrected chi connectivity index (χ0v) is 14.2. The molecule has 0 spiro atoms. The molecule has 0 saturated carbocycles. The predicted octanol–water partition coefficient (Wildman–Crippen LogP) is 0.788. The molecule has 1 atom stereocenters. The average molecular weight is 356 g/mol. The number of amides is 1. The van der Waals surface area contributed by atoms with Crippen LogP contribution in [0.2, 0.25) is 0 Å². The SMILES string of the molecule is CCCc1[nH]nc(C(=O)NCCCS(C)=O)c1S(=O)(=O)Cl. The van der Waals surface area contributed by atoms with Gasteiger partial charge in [-0.25, -0.2) is 8.42 Å². The molecule has 21 heavy (non-hydrogen) atoms. The van der Waals surface area contributed by atoms with Crippen molar-refractivity contribution in [3.63, 3.8) is 0 Å². The highest BCUT2D eigenvalue weighted by Gasteiger charge is 2.27. The minimum absolute atomic E-state index is 0.230. The van der Waals surface area contributed by atoms with Gasteiger partial charge in [0, 0.05) is 40.0 Å². The predicted molar refractivity (Wildman–Crippen MR) is 81.5 cm³/mol. The number of aromatic amines is 1. The van der Waals surface area contributed by atoms with Crippen molar-refractivity contribution in [2.75, 3.05) is 18.6 Å². The molecule has 0 aliphatic carbocycles. The minimum Gasteiger partial charge on any atom is -0.351 e. The summed E-state index contributed by atoms with van der Waals surface area (Å²) < 4.78 is 34.1. The van der Waals surface area contributed by atoms with Gasteiger partial charge in [0.15, 0.2) is 5.69 Å². The Morgan fingerprint density at radius 2 is 2.14 bits per heavy atom. The van der Waals surface area contributed by atoms with Gasteiger partial charge in [-0.15, -0.1) is 0 Å². The molecule has 2 N–H and O–H groups in total. The summed E-state index contributed by atoms with van der Waals surface area (Å²) >= 11 is 0. The molecule has 1 unspecified atom stereocenters. The Morgan fingerprint density at radius 1 is 1.48 bits per heavy atom. The highest BCUT2D eigenvalue weighted by molar-refractivity contribution is 8.13. The third-order valence-corrected chi connectivity index (χ3v) is 4.90. The van der Waals surface area contributed by atoms with E-state index in [-0.39, 0.29) is 17.1 Å². The second-order valence-corrected chi connectivity index (χ2v) is 8.51. The third-order valence-electron chi connectivity index (χ3n) is 2.64. The average Bonchev–Trinajstić information content (AvgIpc) is 2.78. The number of hydrogen-bond donors (Lipinski definition) is 2. The molecule has 0 bridgehead atoms. The van der Waals surface area contributed by atoms with Crippen molar-refractivity contribution < 1.29 is 17.4 Å². The van der Waals surface area contributed by atoms with Crippen molar-refractivity contribution in [3.05, 3.63) is 11.4 Å². The summed E-state index contributed by atoms with van der Waals surface area (Å²) in [4.78, 5) is 11.7. The van der Waals surface area contributed by atoms with Gasteiger partial charge in [-0.2, -0.15) is 5.10 Å². The molecule has 0 aromatic carbocycles. The number of carbonyl (C=O) groups excluding carboxylic acids is 1. The van der Waals surface area contributed by atoms with Crippen LogP contribution in [0.1, 0.15) is 35.9 Å². The van der Waals surface area contributed by atoms with E-state index in [0.717, 1.165) is 0 Å². The molecule has 120 valence electrons. The van der Waals surface area contributed by atoms with E-state index in [1.165, 1.54) is 0 Å². The number of aromatic nitrogens is 2. The molecule has 10 heteroatoms. The van der Waals surface area contributed by atoms with Crippen molar-refractivity contribution in [1.82, 2.24) is 15.5 Å². The molecule has 0 aliphatic heterocycles. The van der Waals surface area contributed by atoms with Crippen molar-refractivity contribution in [1.29, 1.82) is 0 Å². The summed E-state index contributed by atoms with van der Waals surface area (Å²) in [5.41, 5.74) is 0.0957. The fourth-order valence-corrected chi connectivity index (χ4v) is 3.63. The molecule has 1 aromatic heterocycles. The number of halogens is 1. The molecule has 1 aromatic rings. The third kappa shape index (κ3) is 5.40. The lowest BCUT2D eigenvalue weighted by Gasteiger charge is -2.04. The first-order chi connectivity index (χ1) is 9.77. The lowest BCUT2D eigenvalue weighted by Crippen LogP contribution is -2.27. The van der Waals surface area contributed by atoms with Crippen LogP contribution >= 0.6 is 10.7 Å². The van der Waals surface area contributed by atoms with E-state index in [0.29, 0.717) is 30.7 Å². The molecule has 0 saturated heterocycles. The van der Waals surface area contributed by atoms with Crippen LogP contribution < -0.4 is 5.32 Å². The summed E-state index contributed by atoms with van der Waals surface area (Å²) in [5, 5.41) is 8.85. The monoisotopic (exact) mass is 355 g/mol. The Labute approximate surface area is 130 Å². The number of H-pyrrole nitrogens is 1. The van der Waals surface area contributed by atoms with E-state index >= 15 is 0 Å². The minimum atomic E-state index is -4.06. The molecule has 1 heterocycles. The second kappa shape index (κ2) is 7.90.